The molecular formula is C15H13FN4O5S2. The summed E-state index contributed by atoms with van der Waals surface area (Å²) >= 11 is 2.73. The molecule has 0 aliphatic carbocycles. The maximum atomic E-state index is 13.6. The number of rotatable bonds is 5. The van der Waals surface area contributed by atoms with Gasteiger partial charge in [0.25, 0.3) is 5.69 Å². The van der Waals surface area contributed by atoms with Gasteiger partial charge in [-0.2, -0.15) is 4.98 Å². The lowest BCUT2D eigenvalue weighted by atomic mass is 10.2. The third kappa shape index (κ3) is 4.22. The highest BCUT2D eigenvalue weighted by Gasteiger charge is 2.30. The van der Waals surface area contributed by atoms with Crippen molar-refractivity contribution in [1.29, 1.82) is 0 Å². The predicted molar refractivity (Wildman–Crippen MR) is 99.1 cm³/mol. The lowest BCUT2D eigenvalue weighted by molar-refractivity contribution is -0.385. The van der Waals surface area contributed by atoms with Crippen LogP contribution in [0.4, 0.5) is 15.9 Å². The molecule has 0 radical (unpaired) electrons. The van der Waals surface area contributed by atoms with E-state index >= 15 is 0 Å². The average Bonchev–Trinajstić information content (AvgIpc) is 3.11. The summed E-state index contributed by atoms with van der Waals surface area (Å²) in [7, 11) is 0. The molecule has 12 heteroatoms. The fourth-order valence-electron chi connectivity index (χ4n) is 2.37. The van der Waals surface area contributed by atoms with E-state index in [1.807, 2.05) is 0 Å². The summed E-state index contributed by atoms with van der Waals surface area (Å²) in [5, 5.41) is 10.6. The molecule has 2 atom stereocenters. The van der Waals surface area contributed by atoms with Crippen molar-refractivity contribution < 1.29 is 18.8 Å². The molecule has 3 rings (SSSR count). The van der Waals surface area contributed by atoms with Gasteiger partial charge in [0.1, 0.15) is 12.2 Å². The van der Waals surface area contributed by atoms with Crippen molar-refractivity contribution in [2.24, 2.45) is 0 Å². The molecule has 1 saturated heterocycles. The molecule has 2 N–H and O–H groups in total. The Labute approximate surface area is 160 Å². The Bertz CT molecular complexity index is 954. The van der Waals surface area contributed by atoms with Crippen LogP contribution in [0.25, 0.3) is 0 Å². The van der Waals surface area contributed by atoms with Gasteiger partial charge in [0.15, 0.2) is 11.6 Å². The highest BCUT2D eigenvalue weighted by molar-refractivity contribution is 8.20. The van der Waals surface area contributed by atoms with Crippen molar-refractivity contribution in [3.63, 3.8) is 0 Å². The van der Waals surface area contributed by atoms with Gasteiger partial charge in [-0.1, -0.05) is 12.1 Å². The molecule has 9 nitrogen and oxygen atoms in total. The van der Waals surface area contributed by atoms with E-state index in [4.69, 9.17) is 10.5 Å². The third-order valence-electron chi connectivity index (χ3n) is 3.65. The number of nitro benzene ring substituents is 1. The Morgan fingerprint density at radius 3 is 2.96 bits per heavy atom. The molecule has 142 valence electrons. The highest BCUT2D eigenvalue weighted by Crippen LogP contribution is 2.43. The van der Waals surface area contributed by atoms with Gasteiger partial charge in [0.2, 0.25) is 0 Å². The maximum Gasteiger partial charge on any atom is 0.350 e. The summed E-state index contributed by atoms with van der Waals surface area (Å²) in [5.74, 6) is -1.57. The number of anilines is 1. The van der Waals surface area contributed by atoms with Crippen LogP contribution in [0.3, 0.4) is 0 Å². The number of ether oxygens (including phenoxy) is 1. The van der Waals surface area contributed by atoms with Crippen LogP contribution < -0.4 is 11.4 Å². The largest absolute Gasteiger partial charge is 0.460 e. The average molecular weight is 412 g/mol. The summed E-state index contributed by atoms with van der Waals surface area (Å²) in [6, 6.07) is 5.51. The Kier molecular flexibility index (Phi) is 5.65. The molecule has 0 spiro atoms. The van der Waals surface area contributed by atoms with Gasteiger partial charge in [-0.3, -0.25) is 14.7 Å². The second-order valence-electron chi connectivity index (χ2n) is 5.39. The number of aromatic nitrogens is 2. The molecule has 1 aliphatic heterocycles. The first-order valence-corrected chi connectivity index (χ1v) is 9.57. The number of hydrogen-bond donors (Lipinski definition) is 1. The fraction of sp³-hybridized carbons (Fsp3) is 0.267. The molecule has 27 heavy (non-hydrogen) atoms. The molecule has 1 aliphatic rings. The summed E-state index contributed by atoms with van der Waals surface area (Å²) in [4.78, 5) is 37.8. The van der Waals surface area contributed by atoms with Crippen molar-refractivity contribution in [3.8, 4) is 0 Å². The van der Waals surface area contributed by atoms with E-state index in [2.05, 4.69) is 4.98 Å². The highest BCUT2D eigenvalue weighted by atomic mass is 32.2. The van der Waals surface area contributed by atoms with Gasteiger partial charge in [-0.25, -0.2) is 14.0 Å². The zero-order valence-corrected chi connectivity index (χ0v) is 15.2. The predicted octanol–water partition coefficient (Wildman–Crippen LogP) is 2.03. The lowest BCUT2D eigenvalue weighted by Crippen LogP contribution is -2.27. The lowest BCUT2D eigenvalue weighted by Gasteiger charge is -2.13. The van der Waals surface area contributed by atoms with E-state index in [0.29, 0.717) is 5.75 Å². The van der Waals surface area contributed by atoms with Crippen LogP contribution in [-0.4, -0.2) is 37.4 Å². The first-order valence-electron chi connectivity index (χ1n) is 7.58. The Balaban J connectivity index is 1.63. The Morgan fingerprint density at radius 2 is 2.22 bits per heavy atom. The van der Waals surface area contributed by atoms with E-state index in [1.54, 1.807) is 0 Å². The molecule has 2 aromatic rings. The number of thioether (sulfide) groups is 2. The number of nitrogens with two attached hydrogens (primary N) is 1. The number of para-hydroxylation sites is 1. The van der Waals surface area contributed by atoms with Gasteiger partial charge in [-0.05, 0) is 6.07 Å². The number of esters is 1. The summed E-state index contributed by atoms with van der Waals surface area (Å²) in [6.07, 6.45) is 1.00. The fourth-order valence-corrected chi connectivity index (χ4v) is 5.34. The molecular weight excluding hydrogens is 399 g/mol. The molecule has 1 aromatic carbocycles. The molecule has 1 aromatic heterocycles. The van der Waals surface area contributed by atoms with Gasteiger partial charge in [0, 0.05) is 18.0 Å². The van der Waals surface area contributed by atoms with Gasteiger partial charge in [0.05, 0.1) is 14.9 Å². The SMILES string of the molecule is Nc1nc(=O)n([C@H]2CS[C@H](COC(=O)c3ccccc3[N+](=O)[O-])S2)cc1F. The monoisotopic (exact) mass is 412 g/mol. The van der Waals surface area contributed by atoms with Crippen LogP contribution in [0.1, 0.15) is 15.7 Å². The topological polar surface area (TPSA) is 130 Å². The van der Waals surface area contributed by atoms with Crippen LogP contribution >= 0.6 is 23.5 Å². The standard InChI is InChI=1S/C15H13FN4O5S2/c16-9-5-19(15(22)18-13(9)17)11-7-26-12(27-11)6-25-14(21)8-3-1-2-4-10(8)20(23)24/h1-5,11-12H,6-7H2,(H2,17,18,22)/t11-,12+/m1/s1. The number of carbonyl (C=O) groups is 1. The van der Waals surface area contributed by atoms with Crippen molar-refractivity contribution >= 4 is 41.0 Å². The van der Waals surface area contributed by atoms with Crippen molar-refractivity contribution in [2.75, 3.05) is 18.1 Å². The number of nitrogen functional groups attached to an aromatic ring is 1. The number of nitrogens with zero attached hydrogens (tertiary/aromatic N) is 3. The van der Waals surface area contributed by atoms with E-state index in [-0.39, 0.29) is 27.8 Å². The minimum atomic E-state index is -0.802. The van der Waals surface area contributed by atoms with Crippen LogP contribution in [0, 0.1) is 15.9 Å². The minimum Gasteiger partial charge on any atom is -0.460 e. The maximum absolute atomic E-state index is 13.6. The molecule has 1 fully saturated rings. The quantitative estimate of drug-likeness (QED) is 0.445. The number of benzene rings is 1. The second-order valence-corrected chi connectivity index (χ2v) is 8.31. The Morgan fingerprint density at radius 1 is 1.48 bits per heavy atom. The van der Waals surface area contributed by atoms with Crippen LogP contribution in [0.5, 0.6) is 0 Å². The van der Waals surface area contributed by atoms with Crippen LogP contribution in [0.15, 0.2) is 35.3 Å². The van der Waals surface area contributed by atoms with Gasteiger partial charge < -0.3 is 10.5 Å². The van der Waals surface area contributed by atoms with E-state index in [9.17, 15) is 24.1 Å². The first-order chi connectivity index (χ1) is 12.9. The van der Waals surface area contributed by atoms with E-state index in [0.717, 1.165) is 10.8 Å². The number of nitro groups is 1. The third-order valence-corrected chi connectivity index (χ3v) is 6.77. The number of hydrogen-bond acceptors (Lipinski definition) is 9. The smallest absolute Gasteiger partial charge is 0.350 e. The van der Waals surface area contributed by atoms with Crippen molar-refractivity contribution in [1.82, 2.24) is 9.55 Å². The summed E-state index contributed by atoms with van der Waals surface area (Å²) < 4.78 is 19.7. The second kappa shape index (κ2) is 7.96. The number of carbonyl (C=O) groups excluding carboxylic acids is 1. The summed E-state index contributed by atoms with van der Waals surface area (Å²) in [5.41, 5.74) is 4.14. The number of halogens is 1. The zero-order chi connectivity index (χ0) is 19.6. The first kappa shape index (κ1) is 19.2. The van der Waals surface area contributed by atoms with E-state index in [1.165, 1.54) is 47.8 Å². The molecule has 0 amide bonds. The van der Waals surface area contributed by atoms with Crippen LogP contribution in [-0.2, 0) is 4.74 Å². The molecule has 0 saturated carbocycles. The van der Waals surface area contributed by atoms with Gasteiger partial charge in [-0.15, -0.1) is 23.5 Å². The van der Waals surface area contributed by atoms with Crippen LogP contribution in [0.2, 0.25) is 0 Å². The molecule has 2 heterocycles. The summed E-state index contributed by atoms with van der Waals surface area (Å²) in [6.45, 7) is -0.0175. The van der Waals surface area contributed by atoms with Crippen molar-refractivity contribution in [3.05, 3.63) is 62.4 Å². The zero-order valence-electron chi connectivity index (χ0n) is 13.6. The molecule has 0 unspecified atom stereocenters. The Hall–Kier alpha value is -2.60. The van der Waals surface area contributed by atoms with Crippen molar-refractivity contribution in [2.45, 2.75) is 9.96 Å². The minimum absolute atomic E-state index is 0.0175. The van der Waals surface area contributed by atoms with E-state index < -0.39 is 28.2 Å². The van der Waals surface area contributed by atoms with Gasteiger partial charge >= 0.3 is 11.7 Å². The molecule has 0 bridgehead atoms. The normalized spacial score (nSPS) is 19.0.